The summed E-state index contributed by atoms with van der Waals surface area (Å²) in [6.07, 6.45) is 0.983. The Hall–Kier alpha value is -0.910. The second kappa shape index (κ2) is 7.76. The van der Waals surface area contributed by atoms with Crippen molar-refractivity contribution >= 4 is 9.84 Å². The predicted octanol–water partition coefficient (Wildman–Crippen LogP) is 2.07. The SMILES string of the molecule is CCCCC[C@H](O)[C@@H](O)CS(=O)(=O)c1ccc(C)cc1. The highest BCUT2D eigenvalue weighted by molar-refractivity contribution is 7.91. The van der Waals surface area contributed by atoms with Crippen LogP contribution in [0.15, 0.2) is 29.2 Å². The van der Waals surface area contributed by atoms with E-state index >= 15 is 0 Å². The van der Waals surface area contributed by atoms with Gasteiger partial charge in [0, 0.05) is 0 Å². The third-order valence-corrected chi connectivity index (χ3v) is 5.09. The van der Waals surface area contributed by atoms with Crippen molar-refractivity contribution in [2.45, 2.75) is 56.6 Å². The van der Waals surface area contributed by atoms with Crippen LogP contribution < -0.4 is 0 Å². The minimum Gasteiger partial charge on any atom is -0.390 e. The molecule has 0 aliphatic rings. The second-order valence-electron chi connectivity index (χ2n) is 5.22. The van der Waals surface area contributed by atoms with E-state index in [2.05, 4.69) is 0 Å². The van der Waals surface area contributed by atoms with Crippen molar-refractivity contribution in [2.24, 2.45) is 0 Å². The van der Waals surface area contributed by atoms with E-state index in [1.165, 1.54) is 12.1 Å². The van der Waals surface area contributed by atoms with Crippen LogP contribution in [-0.4, -0.2) is 36.6 Å². The van der Waals surface area contributed by atoms with Crippen molar-refractivity contribution in [3.63, 3.8) is 0 Å². The Bertz CT molecular complexity index is 493. The maximum Gasteiger partial charge on any atom is 0.181 e. The first kappa shape index (κ1) is 17.1. The van der Waals surface area contributed by atoms with Crippen LogP contribution in [0.2, 0.25) is 0 Å². The molecule has 0 heterocycles. The summed E-state index contributed by atoms with van der Waals surface area (Å²) in [5.41, 5.74) is 0.976. The van der Waals surface area contributed by atoms with Crippen LogP contribution in [-0.2, 0) is 9.84 Å². The molecular formula is C15H24O4S. The van der Waals surface area contributed by atoms with E-state index in [9.17, 15) is 18.6 Å². The van der Waals surface area contributed by atoms with Crippen LogP contribution >= 0.6 is 0 Å². The van der Waals surface area contributed by atoms with Gasteiger partial charge >= 0.3 is 0 Å². The van der Waals surface area contributed by atoms with Crippen LogP contribution in [0.3, 0.4) is 0 Å². The number of unbranched alkanes of at least 4 members (excludes halogenated alkanes) is 2. The third kappa shape index (κ3) is 5.23. The molecule has 0 radical (unpaired) electrons. The molecule has 0 spiro atoms. The molecule has 114 valence electrons. The van der Waals surface area contributed by atoms with Gasteiger partial charge in [0.2, 0.25) is 0 Å². The summed E-state index contributed by atoms with van der Waals surface area (Å²) in [6, 6.07) is 6.50. The molecule has 5 heteroatoms. The Morgan fingerprint density at radius 2 is 1.65 bits per heavy atom. The molecule has 0 unspecified atom stereocenters. The van der Waals surface area contributed by atoms with E-state index in [0.29, 0.717) is 6.42 Å². The number of hydrogen-bond acceptors (Lipinski definition) is 4. The highest BCUT2D eigenvalue weighted by atomic mass is 32.2. The van der Waals surface area contributed by atoms with Gasteiger partial charge in [0.1, 0.15) is 0 Å². The molecule has 0 fully saturated rings. The largest absolute Gasteiger partial charge is 0.390 e. The number of aryl methyl sites for hydroxylation is 1. The van der Waals surface area contributed by atoms with Crippen molar-refractivity contribution in [1.82, 2.24) is 0 Å². The smallest absolute Gasteiger partial charge is 0.181 e. The molecule has 1 rings (SSSR count). The van der Waals surface area contributed by atoms with Gasteiger partial charge in [-0.15, -0.1) is 0 Å². The fraction of sp³-hybridized carbons (Fsp3) is 0.600. The Labute approximate surface area is 121 Å². The molecule has 0 saturated heterocycles. The molecule has 1 aromatic carbocycles. The molecule has 4 nitrogen and oxygen atoms in total. The number of rotatable bonds is 8. The van der Waals surface area contributed by atoms with Gasteiger partial charge in [-0.2, -0.15) is 0 Å². The monoisotopic (exact) mass is 300 g/mol. The van der Waals surface area contributed by atoms with E-state index in [4.69, 9.17) is 0 Å². The third-order valence-electron chi connectivity index (χ3n) is 3.32. The highest BCUT2D eigenvalue weighted by Gasteiger charge is 2.24. The lowest BCUT2D eigenvalue weighted by Crippen LogP contribution is -2.33. The number of aliphatic hydroxyl groups is 2. The van der Waals surface area contributed by atoms with Crippen molar-refractivity contribution < 1.29 is 18.6 Å². The molecule has 0 aliphatic carbocycles. The zero-order valence-electron chi connectivity index (χ0n) is 12.1. The quantitative estimate of drug-likeness (QED) is 0.721. The van der Waals surface area contributed by atoms with Gasteiger partial charge in [-0.05, 0) is 25.5 Å². The summed E-state index contributed by atoms with van der Waals surface area (Å²) in [7, 11) is -3.56. The van der Waals surface area contributed by atoms with Gasteiger partial charge in [-0.3, -0.25) is 0 Å². The Kier molecular flexibility index (Phi) is 6.65. The maximum atomic E-state index is 12.1. The minimum absolute atomic E-state index is 0.183. The van der Waals surface area contributed by atoms with E-state index in [1.807, 2.05) is 13.8 Å². The van der Waals surface area contributed by atoms with Crippen molar-refractivity contribution in [3.8, 4) is 0 Å². The van der Waals surface area contributed by atoms with Crippen LogP contribution in [0.4, 0.5) is 0 Å². The number of benzene rings is 1. The summed E-state index contributed by atoms with van der Waals surface area (Å²) in [4.78, 5) is 0.183. The van der Waals surface area contributed by atoms with Crippen molar-refractivity contribution in [1.29, 1.82) is 0 Å². The second-order valence-corrected chi connectivity index (χ2v) is 7.26. The molecule has 0 aliphatic heterocycles. The lowest BCUT2D eigenvalue weighted by atomic mass is 10.1. The van der Waals surface area contributed by atoms with Gasteiger partial charge in [-0.1, -0.05) is 43.9 Å². The van der Waals surface area contributed by atoms with E-state index in [0.717, 1.165) is 24.8 Å². The normalized spacial score (nSPS) is 15.0. The molecule has 0 aromatic heterocycles. The molecule has 0 bridgehead atoms. The summed E-state index contributed by atoms with van der Waals surface area (Å²) >= 11 is 0. The summed E-state index contributed by atoms with van der Waals surface area (Å²) in [5.74, 6) is -0.441. The fourth-order valence-electron chi connectivity index (χ4n) is 1.97. The maximum absolute atomic E-state index is 12.1. The Balaban J connectivity index is 2.63. The average molecular weight is 300 g/mol. The molecule has 0 amide bonds. The van der Waals surface area contributed by atoms with Crippen LogP contribution in [0.1, 0.15) is 38.2 Å². The molecule has 1 aromatic rings. The zero-order chi connectivity index (χ0) is 15.2. The molecular weight excluding hydrogens is 276 g/mol. The van der Waals surface area contributed by atoms with Gasteiger partial charge in [0.15, 0.2) is 9.84 Å². The summed E-state index contributed by atoms with van der Waals surface area (Å²) in [5, 5.41) is 19.6. The number of hydrogen-bond donors (Lipinski definition) is 2. The number of sulfone groups is 1. The first-order valence-electron chi connectivity index (χ1n) is 7.02. The van der Waals surface area contributed by atoms with E-state index in [-0.39, 0.29) is 4.90 Å². The summed E-state index contributed by atoms with van der Waals surface area (Å²) in [6.45, 7) is 3.92. The number of aliphatic hydroxyl groups excluding tert-OH is 2. The topological polar surface area (TPSA) is 74.6 Å². The van der Waals surface area contributed by atoms with Gasteiger partial charge in [0.05, 0.1) is 22.9 Å². The Morgan fingerprint density at radius 1 is 1.05 bits per heavy atom. The van der Waals surface area contributed by atoms with E-state index < -0.39 is 27.8 Å². The first-order valence-corrected chi connectivity index (χ1v) is 8.67. The van der Waals surface area contributed by atoms with Crippen LogP contribution in [0.25, 0.3) is 0 Å². The zero-order valence-corrected chi connectivity index (χ0v) is 12.9. The minimum atomic E-state index is -3.56. The van der Waals surface area contributed by atoms with Gasteiger partial charge in [0.25, 0.3) is 0 Å². The molecule has 2 atom stereocenters. The lowest BCUT2D eigenvalue weighted by molar-refractivity contribution is 0.0266. The van der Waals surface area contributed by atoms with Crippen molar-refractivity contribution in [2.75, 3.05) is 5.75 Å². The molecule has 0 saturated carbocycles. The van der Waals surface area contributed by atoms with Crippen molar-refractivity contribution in [3.05, 3.63) is 29.8 Å². The van der Waals surface area contributed by atoms with Gasteiger partial charge in [-0.25, -0.2) is 8.42 Å². The predicted molar refractivity (Wildman–Crippen MR) is 79.4 cm³/mol. The standard InChI is InChI=1S/C15H24O4S/c1-3-4-5-6-14(16)15(17)11-20(18,19)13-9-7-12(2)8-10-13/h7-10,14-17H,3-6,11H2,1-2H3/t14-,15-/m0/s1. The van der Waals surface area contributed by atoms with Crippen LogP contribution in [0, 0.1) is 6.92 Å². The van der Waals surface area contributed by atoms with E-state index in [1.54, 1.807) is 12.1 Å². The lowest BCUT2D eigenvalue weighted by Gasteiger charge is -2.17. The average Bonchev–Trinajstić information content (AvgIpc) is 2.38. The molecule has 20 heavy (non-hydrogen) atoms. The Morgan fingerprint density at radius 3 is 2.20 bits per heavy atom. The fourth-order valence-corrected chi connectivity index (χ4v) is 3.39. The molecule has 2 N–H and O–H groups in total. The first-order chi connectivity index (χ1) is 9.36. The van der Waals surface area contributed by atoms with Crippen LogP contribution in [0.5, 0.6) is 0 Å². The summed E-state index contributed by atoms with van der Waals surface area (Å²) < 4.78 is 24.2. The highest BCUT2D eigenvalue weighted by Crippen LogP contribution is 2.16. The van der Waals surface area contributed by atoms with Gasteiger partial charge < -0.3 is 10.2 Å².